The third-order valence-corrected chi connectivity index (χ3v) is 2.62. The summed E-state index contributed by atoms with van der Waals surface area (Å²) in [6.07, 6.45) is 1.18. The van der Waals surface area contributed by atoms with E-state index in [0.717, 1.165) is 0 Å². The highest BCUT2D eigenvalue weighted by molar-refractivity contribution is 5.95. The molecule has 0 spiro atoms. The molecule has 0 radical (unpaired) electrons. The van der Waals surface area contributed by atoms with Gasteiger partial charge in [0.05, 0.1) is 11.1 Å². The van der Waals surface area contributed by atoms with Crippen LogP contribution in [0.15, 0.2) is 53.6 Å². The van der Waals surface area contributed by atoms with E-state index in [1.165, 1.54) is 42.6 Å². The first-order valence-electron chi connectivity index (χ1n) is 5.90. The summed E-state index contributed by atoms with van der Waals surface area (Å²) in [6, 6.07) is 11.0. The summed E-state index contributed by atoms with van der Waals surface area (Å²) in [6.45, 7) is 0. The molecule has 106 valence electrons. The van der Waals surface area contributed by atoms with E-state index in [0.29, 0.717) is 0 Å². The van der Waals surface area contributed by atoms with Crippen LogP contribution in [0.2, 0.25) is 0 Å². The molecule has 2 rings (SSSR count). The van der Waals surface area contributed by atoms with Gasteiger partial charge in [-0.15, -0.1) is 0 Å². The zero-order valence-electron chi connectivity index (χ0n) is 10.7. The van der Waals surface area contributed by atoms with E-state index in [2.05, 4.69) is 10.5 Å². The summed E-state index contributed by atoms with van der Waals surface area (Å²) >= 11 is 0. The Morgan fingerprint density at radius 1 is 1.19 bits per heavy atom. The number of hydrazone groups is 1. The molecule has 0 heterocycles. The molecule has 2 aromatic rings. The molecule has 21 heavy (non-hydrogen) atoms. The summed E-state index contributed by atoms with van der Waals surface area (Å²) in [7, 11) is 0. The second-order valence-electron chi connectivity index (χ2n) is 4.02. The Kier molecular flexibility index (Phi) is 4.35. The topological polar surface area (TPSA) is 84.6 Å². The fraction of sp³-hybridized carbons (Fsp3) is 0. The Balaban J connectivity index is 2.02. The molecule has 0 fully saturated rings. The number of nitro groups is 1. The predicted molar refractivity (Wildman–Crippen MR) is 74.6 cm³/mol. The third kappa shape index (κ3) is 3.69. The fourth-order valence-corrected chi connectivity index (χ4v) is 1.54. The molecular formula is C14H10FN3O3. The maximum Gasteiger partial charge on any atom is 0.271 e. The van der Waals surface area contributed by atoms with Crippen molar-refractivity contribution in [1.82, 2.24) is 5.43 Å². The molecular weight excluding hydrogens is 277 g/mol. The first kappa shape index (κ1) is 14.3. The Hall–Kier alpha value is -3.09. The SMILES string of the molecule is O=C(N/N=C\c1ccccc1F)c1ccc([N+](=O)[O-])cc1. The minimum Gasteiger partial charge on any atom is -0.267 e. The van der Waals surface area contributed by atoms with Gasteiger partial charge in [-0.25, -0.2) is 9.82 Å². The molecule has 0 aliphatic heterocycles. The van der Waals surface area contributed by atoms with Crippen LogP contribution in [0.25, 0.3) is 0 Å². The van der Waals surface area contributed by atoms with E-state index in [1.54, 1.807) is 12.1 Å². The molecule has 0 aliphatic carbocycles. The lowest BCUT2D eigenvalue weighted by molar-refractivity contribution is -0.384. The van der Waals surface area contributed by atoms with Gasteiger partial charge in [-0.2, -0.15) is 5.10 Å². The number of rotatable bonds is 4. The normalized spacial score (nSPS) is 10.5. The maximum absolute atomic E-state index is 13.3. The van der Waals surface area contributed by atoms with Crippen molar-refractivity contribution < 1.29 is 14.1 Å². The van der Waals surface area contributed by atoms with Crippen LogP contribution in [0.5, 0.6) is 0 Å². The minimum atomic E-state index is -0.558. The highest BCUT2D eigenvalue weighted by atomic mass is 19.1. The van der Waals surface area contributed by atoms with Crippen LogP contribution in [0.3, 0.4) is 0 Å². The van der Waals surface area contributed by atoms with E-state index in [9.17, 15) is 19.3 Å². The second-order valence-corrected chi connectivity index (χ2v) is 4.02. The molecule has 0 saturated heterocycles. The predicted octanol–water partition coefficient (Wildman–Crippen LogP) is 2.50. The number of non-ortho nitro benzene ring substituents is 1. The van der Waals surface area contributed by atoms with Crippen LogP contribution in [0, 0.1) is 15.9 Å². The van der Waals surface area contributed by atoms with Gasteiger partial charge in [-0.1, -0.05) is 18.2 Å². The van der Waals surface area contributed by atoms with Crippen molar-refractivity contribution in [3.63, 3.8) is 0 Å². The van der Waals surface area contributed by atoms with E-state index < -0.39 is 16.6 Å². The lowest BCUT2D eigenvalue weighted by Gasteiger charge is -2.00. The van der Waals surface area contributed by atoms with Crippen molar-refractivity contribution in [1.29, 1.82) is 0 Å². The van der Waals surface area contributed by atoms with Gasteiger partial charge in [0.15, 0.2) is 0 Å². The molecule has 0 bridgehead atoms. The zero-order chi connectivity index (χ0) is 15.2. The average Bonchev–Trinajstić information content (AvgIpc) is 2.49. The number of nitrogens with zero attached hydrogens (tertiary/aromatic N) is 2. The Morgan fingerprint density at radius 3 is 2.48 bits per heavy atom. The second kappa shape index (κ2) is 6.38. The Morgan fingerprint density at radius 2 is 1.86 bits per heavy atom. The van der Waals surface area contributed by atoms with Gasteiger partial charge in [-0.3, -0.25) is 14.9 Å². The molecule has 1 N–H and O–H groups in total. The van der Waals surface area contributed by atoms with Gasteiger partial charge in [0.2, 0.25) is 0 Å². The molecule has 0 atom stereocenters. The van der Waals surface area contributed by atoms with Crippen molar-refractivity contribution in [2.75, 3.05) is 0 Å². The molecule has 1 amide bonds. The number of hydrogen-bond acceptors (Lipinski definition) is 4. The number of benzene rings is 2. The standard InChI is InChI=1S/C14H10FN3O3/c15-13-4-2-1-3-11(13)9-16-17-14(19)10-5-7-12(8-6-10)18(20)21/h1-9H,(H,17,19)/b16-9-. The molecule has 0 aromatic heterocycles. The third-order valence-electron chi connectivity index (χ3n) is 2.62. The molecule has 0 unspecified atom stereocenters. The molecule has 2 aromatic carbocycles. The van der Waals surface area contributed by atoms with E-state index in [-0.39, 0.29) is 16.8 Å². The summed E-state index contributed by atoms with van der Waals surface area (Å²) in [5.74, 6) is -0.997. The van der Waals surface area contributed by atoms with Gasteiger partial charge in [0, 0.05) is 23.3 Å². The molecule has 0 saturated carbocycles. The monoisotopic (exact) mass is 287 g/mol. The van der Waals surface area contributed by atoms with E-state index in [1.807, 2.05) is 0 Å². The van der Waals surface area contributed by atoms with Crippen LogP contribution in [0.1, 0.15) is 15.9 Å². The highest BCUT2D eigenvalue weighted by Gasteiger charge is 2.08. The first-order valence-corrected chi connectivity index (χ1v) is 5.90. The maximum atomic E-state index is 13.3. The van der Waals surface area contributed by atoms with Gasteiger partial charge in [0.25, 0.3) is 11.6 Å². The number of carbonyl (C=O) groups is 1. The quantitative estimate of drug-likeness (QED) is 0.532. The number of halogens is 1. The number of nitro benzene ring substituents is 1. The van der Waals surface area contributed by atoms with Crippen LogP contribution in [-0.4, -0.2) is 17.0 Å². The zero-order valence-corrected chi connectivity index (χ0v) is 10.7. The lowest BCUT2D eigenvalue weighted by atomic mass is 10.2. The smallest absolute Gasteiger partial charge is 0.267 e. The van der Waals surface area contributed by atoms with Crippen molar-refractivity contribution >= 4 is 17.8 Å². The summed E-state index contributed by atoms with van der Waals surface area (Å²) in [5.41, 5.74) is 2.56. The van der Waals surface area contributed by atoms with Crippen LogP contribution in [-0.2, 0) is 0 Å². The average molecular weight is 287 g/mol. The highest BCUT2D eigenvalue weighted by Crippen LogP contribution is 2.11. The molecule has 7 heteroatoms. The van der Waals surface area contributed by atoms with E-state index >= 15 is 0 Å². The number of nitrogens with one attached hydrogen (secondary N) is 1. The number of amides is 1. The van der Waals surface area contributed by atoms with Gasteiger partial charge in [0.1, 0.15) is 5.82 Å². The fourth-order valence-electron chi connectivity index (χ4n) is 1.54. The summed E-state index contributed by atoms with van der Waals surface area (Å²) in [5, 5.41) is 14.1. The van der Waals surface area contributed by atoms with Gasteiger partial charge < -0.3 is 0 Å². The minimum absolute atomic E-state index is 0.110. The van der Waals surface area contributed by atoms with Crippen LogP contribution >= 0.6 is 0 Å². The summed E-state index contributed by atoms with van der Waals surface area (Å²) in [4.78, 5) is 21.6. The van der Waals surface area contributed by atoms with Crippen LogP contribution < -0.4 is 5.43 Å². The first-order chi connectivity index (χ1) is 10.1. The summed E-state index contributed by atoms with van der Waals surface area (Å²) < 4.78 is 13.3. The number of hydrogen-bond donors (Lipinski definition) is 1. The van der Waals surface area contributed by atoms with Crippen molar-refractivity contribution in [2.45, 2.75) is 0 Å². The Labute approximate surface area is 119 Å². The largest absolute Gasteiger partial charge is 0.271 e. The van der Waals surface area contributed by atoms with Crippen molar-refractivity contribution in [3.8, 4) is 0 Å². The molecule has 6 nitrogen and oxygen atoms in total. The van der Waals surface area contributed by atoms with Gasteiger partial charge >= 0.3 is 0 Å². The van der Waals surface area contributed by atoms with E-state index in [4.69, 9.17) is 0 Å². The van der Waals surface area contributed by atoms with Crippen molar-refractivity contribution in [2.24, 2.45) is 5.10 Å². The Bertz CT molecular complexity index is 699. The van der Waals surface area contributed by atoms with Crippen molar-refractivity contribution in [3.05, 3.63) is 75.6 Å². The molecule has 0 aliphatic rings. The van der Waals surface area contributed by atoms with Gasteiger partial charge in [-0.05, 0) is 18.2 Å². The van der Waals surface area contributed by atoms with Crippen LogP contribution in [0.4, 0.5) is 10.1 Å². The number of carbonyl (C=O) groups excluding carboxylic acids is 1. The lowest BCUT2D eigenvalue weighted by Crippen LogP contribution is -2.17.